The second-order valence-electron chi connectivity index (χ2n) is 4.64. The lowest BCUT2D eigenvalue weighted by Crippen LogP contribution is -2.22. The molecule has 0 N–H and O–H groups in total. The number of aromatic nitrogens is 1. The summed E-state index contributed by atoms with van der Waals surface area (Å²) in [6, 6.07) is 4.49. The van der Waals surface area contributed by atoms with Crippen molar-refractivity contribution < 1.29 is 8.81 Å². The van der Waals surface area contributed by atoms with Crippen LogP contribution in [0.1, 0.15) is 38.1 Å². The molecule has 3 nitrogen and oxygen atoms in total. The minimum Gasteiger partial charge on any atom is -0.408 e. The number of oxazole rings is 1. The van der Waals surface area contributed by atoms with Gasteiger partial charge < -0.3 is 4.42 Å². The van der Waals surface area contributed by atoms with Crippen molar-refractivity contribution in [2.24, 2.45) is 0 Å². The van der Waals surface area contributed by atoms with Gasteiger partial charge in [-0.05, 0) is 25.0 Å². The van der Waals surface area contributed by atoms with Crippen LogP contribution in [0.2, 0.25) is 0 Å². The predicted molar refractivity (Wildman–Crippen MR) is 69.8 cm³/mol. The van der Waals surface area contributed by atoms with E-state index in [0.717, 1.165) is 25.7 Å². The second-order valence-corrected chi connectivity index (χ2v) is 4.64. The molecule has 1 heterocycles. The summed E-state index contributed by atoms with van der Waals surface area (Å²) in [4.78, 5) is 11.8. The molecule has 0 amide bonds. The lowest BCUT2D eigenvalue weighted by atomic mass is 9.95. The fraction of sp³-hybridized carbons (Fsp3) is 0.462. The highest BCUT2D eigenvalue weighted by molar-refractivity contribution is 5.85. The van der Waals surface area contributed by atoms with E-state index in [0.29, 0.717) is 11.1 Å². The molecular weight excluding hydrogens is 257 g/mol. The minimum absolute atomic E-state index is 0. The Balaban J connectivity index is 0.00000120. The highest BCUT2D eigenvalue weighted by atomic mass is 35.5. The van der Waals surface area contributed by atoms with Crippen LogP contribution in [-0.4, -0.2) is 4.57 Å². The Morgan fingerprint density at radius 3 is 2.67 bits per heavy atom. The van der Waals surface area contributed by atoms with Crippen LogP contribution in [0.4, 0.5) is 4.39 Å². The van der Waals surface area contributed by atoms with Gasteiger partial charge >= 0.3 is 5.76 Å². The largest absolute Gasteiger partial charge is 0.420 e. The van der Waals surface area contributed by atoms with Crippen LogP contribution in [0.3, 0.4) is 0 Å². The summed E-state index contributed by atoms with van der Waals surface area (Å²) in [5.41, 5.74) is 1.06. The highest BCUT2D eigenvalue weighted by Crippen LogP contribution is 2.29. The molecule has 3 rings (SSSR count). The molecule has 1 fully saturated rings. The summed E-state index contributed by atoms with van der Waals surface area (Å²) >= 11 is 0. The molecule has 1 aliphatic rings. The Bertz CT molecular complexity index is 599. The first-order valence-corrected chi connectivity index (χ1v) is 6.06. The van der Waals surface area contributed by atoms with Crippen molar-refractivity contribution in [2.75, 3.05) is 0 Å². The number of hydrogen-bond donors (Lipinski definition) is 0. The Kier molecular flexibility index (Phi) is 3.76. The van der Waals surface area contributed by atoms with Crippen molar-refractivity contribution in [3.8, 4) is 0 Å². The van der Waals surface area contributed by atoms with Crippen LogP contribution in [0.5, 0.6) is 0 Å². The molecule has 0 aliphatic heterocycles. The van der Waals surface area contributed by atoms with Gasteiger partial charge in [-0.3, -0.25) is 4.57 Å². The van der Waals surface area contributed by atoms with Gasteiger partial charge in [0.15, 0.2) is 5.58 Å². The van der Waals surface area contributed by atoms with Gasteiger partial charge in [-0.1, -0.05) is 19.3 Å². The van der Waals surface area contributed by atoms with E-state index in [1.54, 1.807) is 10.6 Å². The van der Waals surface area contributed by atoms with Crippen LogP contribution in [0.15, 0.2) is 27.4 Å². The van der Waals surface area contributed by atoms with Crippen molar-refractivity contribution in [1.82, 2.24) is 4.57 Å². The number of halogens is 2. The van der Waals surface area contributed by atoms with Crippen molar-refractivity contribution in [1.29, 1.82) is 0 Å². The molecule has 98 valence electrons. The molecule has 1 aromatic carbocycles. The zero-order chi connectivity index (χ0) is 11.8. The molecule has 1 aliphatic carbocycles. The third-order valence-corrected chi connectivity index (χ3v) is 3.52. The quantitative estimate of drug-likeness (QED) is 0.793. The average Bonchev–Trinajstić information content (AvgIpc) is 2.65. The van der Waals surface area contributed by atoms with Gasteiger partial charge in [-0.15, -0.1) is 12.4 Å². The van der Waals surface area contributed by atoms with Gasteiger partial charge in [0.1, 0.15) is 5.82 Å². The molecule has 0 spiro atoms. The molecule has 1 saturated carbocycles. The predicted octanol–water partition coefficient (Wildman–Crippen LogP) is 3.66. The summed E-state index contributed by atoms with van der Waals surface area (Å²) in [5.74, 6) is -0.737. The minimum atomic E-state index is -0.373. The fourth-order valence-corrected chi connectivity index (χ4v) is 2.70. The van der Waals surface area contributed by atoms with E-state index >= 15 is 0 Å². The first-order chi connectivity index (χ1) is 8.25. The topological polar surface area (TPSA) is 35.1 Å². The third kappa shape index (κ3) is 2.17. The van der Waals surface area contributed by atoms with E-state index < -0.39 is 0 Å². The molecule has 0 saturated heterocycles. The molecule has 0 bridgehead atoms. The van der Waals surface area contributed by atoms with E-state index in [9.17, 15) is 9.18 Å². The summed E-state index contributed by atoms with van der Waals surface area (Å²) in [7, 11) is 0. The second kappa shape index (κ2) is 5.14. The Hall–Kier alpha value is -1.29. The highest BCUT2D eigenvalue weighted by Gasteiger charge is 2.21. The van der Waals surface area contributed by atoms with E-state index in [2.05, 4.69) is 0 Å². The molecule has 1 aromatic heterocycles. The molecule has 0 unspecified atom stereocenters. The first kappa shape index (κ1) is 13.1. The van der Waals surface area contributed by atoms with Crippen LogP contribution < -0.4 is 5.76 Å². The van der Waals surface area contributed by atoms with Gasteiger partial charge in [0.2, 0.25) is 0 Å². The van der Waals surface area contributed by atoms with Gasteiger partial charge in [0.05, 0.1) is 5.52 Å². The maximum Gasteiger partial charge on any atom is 0.420 e. The van der Waals surface area contributed by atoms with Gasteiger partial charge in [0.25, 0.3) is 0 Å². The molecule has 0 atom stereocenters. The fourth-order valence-electron chi connectivity index (χ4n) is 2.70. The SMILES string of the molecule is Cl.O=c1oc2cc(F)ccc2n1C1CCCCC1. The van der Waals surface area contributed by atoms with Crippen molar-refractivity contribution >= 4 is 23.5 Å². The summed E-state index contributed by atoms with van der Waals surface area (Å²) in [5, 5.41) is 0. The maximum atomic E-state index is 13.0. The third-order valence-electron chi connectivity index (χ3n) is 3.52. The number of fused-ring (bicyclic) bond motifs is 1. The number of hydrogen-bond acceptors (Lipinski definition) is 2. The van der Waals surface area contributed by atoms with Crippen molar-refractivity contribution in [3.63, 3.8) is 0 Å². The lowest BCUT2D eigenvalue weighted by Gasteiger charge is -2.22. The Morgan fingerprint density at radius 2 is 1.94 bits per heavy atom. The number of benzene rings is 1. The van der Waals surface area contributed by atoms with E-state index in [1.165, 1.54) is 18.6 Å². The molecule has 5 heteroatoms. The van der Waals surface area contributed by atoms with Crippen molar-refractivity contribution in [2.45, 2.75) is 38.1 Å². The average molecular weight is 272 g/mol. The molecule has 0 radical (unpaired) electrons. The van der Waals surface area contributed by atoms with Crippen LogP contribution >= 0.6 is 12.4 Å². The van der Waals surface area contributed by atoms with Crippen LogP contribution in [0.25, 0.3) is 11.1 Å². The summed E-state index contributed by atoms with van der Waals surface area (Å²) in [6.07, 6.45) is 5.53. The summed E-state index contributed by atoms with van der Waals surface area (Å²) < 4.78 is 19.8. The van der Waals surface area contributed by atoms with Crippen LogP contribution in [-0.2, 0) is 0 Å². The number of rotatable bonds is 1. The number of nitrogens with zero attached hydrogens (tertiary/aromatic N) is 1. The Labute approximate surface area is 110 Å². The van der Waals surface area contributed by atoms with E-state index in [-0.39, 0.29) is 30.0 Å². The lowest BCUT2D eigenvalue weighted by molar-refractivity contribution is 0.336. The molecular formula is C13H15ClFNO2. The van der Waals surface area contributed by atoms with Crippen molar-refractivity contribution in [3.05, 3.63) is 34.6 Å². The smallest absolute Gasteiger partial charge is 0.408 e. The van der Waals surface area contributed by atoms with Crippen LogP contribution in [0, 0.1) is 5.82 Å². The van der Waals surface area contributed by atoms with Gasteiger partial charge in [-0.2, -0.15) is 0 Å². The van der Waals surface area contributed by atoms with Gasteiger partial charge in [-0.25, -0.2) is 9.18 Å². The maximum absolute atomic E-state index is 13.0. The van der Waals surface area contributed by atoms with Gasteiger partial charge in [0, 0.05) is 12.1 Å². The summed E-state index contributed by atoms with van der Waals surface area (Å²) in [6.45, 7) is 0. The zero-order valence-corrected chi connectivity index (χ0v) is 10.7. The monoisotopic (exact) mass is 271 g/mol. The standard InChI is InChI=1S/C13H14FNO2.ClH/c14-9-6-7-11-12(8-9)17-13(16)15(11)10-4-2-1-3-5-10;/h6-8,10H,1-5H2;1H. The van der Waals surface area contributed by atoms with E-state index in [1.807, 2.05) is 0 Å². The Morgan fingerprint density at radius 1 is 1.22 bits per heavy atom. The molecule has 2 aromatic rings. The first-order valence-electron chi connectivity index (χ1n) is 6.06. The van der Waals surface area contributed by atoms with E-state index in [4.69, 9.17) is 4.42 Å². The normalized spacial score (nSPS) is 16.7. The zero-order valence-electron chi connectivity index (χ0n) is 9.89. The molecule has 18 heavy (non-hydrogen) atoms.